The van der Waals surface area contributed by atoms with Crippen LogP contribution in [0.2, 0.25) is 0 Å². The first kappa shape index (κ1) is 23.1. The van der Waals surface area contributed by atoms with Crippen LogP contribution in [0.15, 0.2) is 35.6 Å². The Labute approximate surface area is 179 Å². The van der Waals surface area contributed by atoms with Crippen LogP contribution in [0.3, 0.4) is 0 Å². The first-order valence-electron chi connectivity index (χ1n) is 9.41. The van der Waals surface area contributed by atoms with Crippen molar-refractivity contribution in [2.45, 2.75) is 31.2 Å². The Morgan fingerprint density at radius 2 is 1.90 bits per heavy atom. The third kappa shape index (κ3) is 5.20. The van der Waals surface area contributed by atoms with E-state index in [4.69, 9.17) is 5.14 Å². The van der Waals surface area contributed by atoms with Gasteiger partial charge in [-0.3, -0.25) is 4.79 Å². The predicted octanol–water partition coefficient (Wildman–Crippen LogP) is 2.18. The number of amides is 1. The van der Waals surface area contributed by atoms with E-state index in [1.54, 1.807) is 4.90 Å². The topological polar surface area (TPSA) is 121 Å². The van der Waals surface area contributed by atoms with Crippen molar-refractivity contribution in [3.63, 3.8) is 0 Å². The monoisotopic (exact) mass is 457 g/mol. The van der Waals surface area contributed by atoms with Crippen molar-refractivity contribution in [2.24, 2.45) is 17.0 Å². The molecule has 1 saturated heterocycles. The Morgan fingerprint density at radius 3 is 2.48 bits per heavy atom. The van der Waals surface area contributed by atoms with Crippen molar-refractivity contribution in [1.29, 1.82) is 0 Å². The molecule has 3 rings (SSSR count). The number of hydrogen-bond donors (Lipinski definition) is 3. The molecule has 31 heavy (non-hydrogen) atoms. The Morgan fingerprint density at radius 1 is 1.26 bits per heavy atom. The number of carbonyl (C=O) groups excluding carboxylic acids is 1. The summed E-state index contributed by atoms with van der Waals surface area (Å²) in [6.07, 6.45) is -3.28. The van der Waals surface area contributed by atoms with Crippen LogP contribution >= 0.6 is 0 Å². The number of halogens is 3. The maximum Gasteiger partial charge on any atom is 0.417 e. The van der Waals surface area contributed by atoms with Gasteiger partial charge in [-0.05, 0) is 30.0 Å². The highest BCUT2D eigenvalue weighted by atomic mass is 32.2. The van der Waals surface area contributed by atoms with Crippen LogP contribution in [0.1, 0.15) is 29.8 Å². The van der Waals surface area contributed by atoms with Gasteiger partial charge in [0.25, 0.3) is 5.91 Å². The second-order valence-electron chi connectivity index (χ2n) is 7.58. The van der Waals surface area contributed by atoms with Gasteiger partial charge in [-0.15, -0.1) is 0 Å². The van der Waals surface area contributed by atoms with Crippen LogP contribution in [-0.2, 0) is 17.2 Å². The van der Waals surface area contributed by atoms with Gasteiger partial charge in [0, 0.05) is 31.2 Å². The zero-order chi connectivity index (χ0) is 22.9. The molecule has 2 aromatic heterocycles. The van der Waals surface area contributed by atoms with E-state index in [0.717, 1.165) is 6.07 Å². The number of alkyl halides is 3. The largest absolute Gasteiger partial charge is 0.417 e. The lowest BCUT2D eigenvalue weighted by Crippen LogP contribution is -2.48. The van der Waals surface area contributed by atoms with E-state index in [1.807, 2.05) is 13.8 Å². The third-order valence-electron chi connectivity index (χ3n) is 5.12. The average molecular weight is 457 g/mol. The van der Waals surface area contributed by atoms with Crippen molar-refractivity contribution >= 4 is 28.4 Å². The predicted molar refractivity (Wildman–Crippen MR) is 109 cm³/mol. The van der Waals surface area contributed by atoms with E-state index in [-0.39, 0.29) is 33.9 Å². The molecule has 12 heteroatoms. The molecular weight excluding hydrogens is 435 g/mol. The van der Waals surface area contributed by atoms with E-state index >= 15 is 0 Å². The quantitative estimate of drug-likeness (QED) is 0.647. The molecule has 0 bridgehead atoms. The van der Waals surface area contributed by atoms with Gasteiger partial charge < -0.3 is 15.3 Å². The van der Waals surface area contributed by atoms with Crippen LogP contribution in [0, 0.1) is 11.8 Å². The molecule has 0 spiro atoms. The minimum Gasteiger partial charge on any atom is -0.392 e. The van der Waals surface area contributed by atoms with Gasteiger partial charge in [-0.25, -0.2) is 19.3 Å². The smallest absolute Gasteiger partial charge is 0.392 e. The molecule has 2 aromatic rings. The molecule has 3 atom stereocenters. The fourth-order valence-corrected chi connectivity index (χ4v) is 3.95. The Balaban J connectivity index is 1.99. The Hall–Kier alpha value is -2.57. The van der Waals surface area contributed by atoms with E-state index in [0.29, 0.717) is 19.3 Å². The van der Waals surface area contributed by atoms with Crippen LogP contribution in [0.5, 0.6) is 0 Å². The molecule has 3 heterocycles. The maximum atomic E-state index is 13.3. The first-order valence-corrected chi connectivity index (χ1v) is 10.6. The summed E-state index contributed by atoms with van der Waals surface area (Å²) in [4.78, 5) is 22.4. The molecular formula is C19H22F3N5O3S. The van der Waals surface area contributed by atoms with Crippen LogP contribution < -0.4 is 15.4 Å². The number of pyridine rings is 2. The summed E-state index contributed by atoms with van der Waals surface area (Å²) in [6.45, 7) is 4.30. The lowest BCUT2D eigenvalue weighted by atomic mass is 9.88. The molecule has 168 valence electrons. The minimum absolute atomic E-state index is 0.00728. The molecule has 8 nitrogen and oxygen atoms in total. The number of nitrogens with zero attached hydrogens (tertiary/aromatic N) is 3. The van der Waals surface area contributed by atoms with Crippen LogP contribution in [0.4, 0.5) is 24.7 Å². The highest BCUT2D eigenvalue weighted by Gasteiger charge is 2.36. The Bertz CT molecular complexity index is 992. The molecule has 4 N–H and O–H groups in total. The highest BCUT2D eigenvalue weighted by molar-refractivity contribution is 7.82. The second-order valence-corrected chi connectivity index (χ2v) is 8.59. The highest BCUT2D eigenvalue weighted by Crippen LogP contribution is 2.34. The number of anilines is 2. The molecule has 0 saturated carbocycles. The SMILES string of the molecule is CC1CN(c2ncc(C(F)(F)F)cc2C(=O)Nc2ccnc(S(N)=O)c2)CC(C)C1O. The number of hydrogen-bond acceptors (Lipinski definition) is 6. The average Bonchev–Trinajstić information content (AvgIpc) is 2.70. The van der Waals surface area contributed by atoms with Crippen LogP contribution in [-0.4, -0.2) is 44.4 Å². The number of aliphatic hydroxyl groups excluding tert-OH is 1. The van der Waals surface area contributed by atoms with Crippen molar-refractivity contribution in [3.05, 3.63) is 41.7 Å². The van der Waals surface area contributed by atoms with Gasteiger partial charge in [-0.1, -0.05) is 13.8 Å². The van der Waals surface area contributed by atoms with E-state index in [9.17, 15) is 27.3 Å². The summed E-state index contributed by atoms with van der Waals surface area (Å²) in [5.41, 5.74) is -1.15. The number of aliphatic hydroxyl groups is 1. The minimum atomic E-state index is -4.68. The zero-order valence-corrected chi connectivity index (χ0v) is 17.6. The fraction of sp³-hybridized carbons (Fsp3) is 0.421. The standard InChI is InChI=1S/C19H22F3N5O3S/c1-10-8-27(9-11(2)16(10)28)17-14(5-12(7-25-17)19(20,21)22)18(29)26-13-3-4-24-15(6-13)31(23)30/h3-7,10-11,16,28H,8-9,23H2,1-2H3,(H,24,26,29). The van der Waals surface area contributed by atoms with Crippen molar-refractivity contribution in [1.82, 2.24) is 9.97 Å². The molecule has 1 fully saturated rings. The van der Waals surface area contributed by atoms with Gasteiger partial charge in [-0.2, -0.15) is 13.2 Å². The molecule has 0 aromatic carbocycles. The lowest BCUT2D eigenvalue weighted by Gasteiger charge is -2.40. The van der Waals surface area contributed by atoms with Gasteiger partial charge in [0.05, 0.1) is 17.2 Å². The second kappa shape index (κ2) is 8.89. The van der Waals surface area contributed by atoms with Gasteiger partial charge in [0.15, 0.2) is 0 Å². The van der Waals surface area contributed by atoms with Gasteiger partial charge in [0.1, 0.15) is 21.8 Å². The molecule has 0 aliphatic carbocycles. The Kier molecular flexibility index (Phi) is 6.62. The van der Waals surface area contributed by atoms with Crippen molar-refractivity contribution in [3.8, 4) is 0 Å². The number of piperidine rings is 1. The lowest BCUT2D eigenvalue weighted by molar-refractivity contribution is -0.137. The van der Waals surface area contributed by atoms with Crippen molar-refractivity contribution < 1.29 is 27.3 Å². The molecule has 1 aliphatic rings. The molecule has 3 unspecified atom stereocenters. The van der Waals surface area contributed by atoms with Crippen molar-refractivity contribution in [2.75, 3.05) is 23.3 Å². The van der Waals surface area contributed by atoms with E-state index in [2.05, 4.69) is 15.3 Å². The summed E-state index contributed by atoms with van der Waals surface area (Å²) in [7, 11) is -1.89. The van der Waals surface area contributed by atoms with Gasteiger partial charge >= 0.3 is 6.18 Å². The summed E-state index contributed by atoms with van der Waals surface area (Å²) in [5.74, 6) is -1.05. The molecule has 0 radical (unpaired) electrons. The maximum absolute atomic E-state index is 13.3. The molecule has 1 amide bonds. The van der Waals surface area contributed by atoms with Crippen LogP contribution in [0.25, 0.3) is 0 Å². The zero-order valence-electron chi connectivity index (χ0n) is 16.8. The molecule has 1 aliphatic heterocycles. The number of carbonyl (C=O) groups is 1. The fourth-order valence-electron chi connectivity index (χ4n) is 3.55. The number of aromatic nitrogens is 2. The summed E-state index contributed by atoms with van der Waals surface area (Å²) in [6, 6.07) is 3.42. The first-order chi connectivity index (χ1) is 14.5. The van der Waals surface area contributed by atoms with Gasteiger partial charge in [0.2, 0.25) is 0 Å². The summed E-state index contributed by atoms with van der Waals surface area (Å²) < 4.78 is 51.2. The van der Waals surface area contributed by atoms with E-state index < -0.39 is 34.7 Å². The summed E-state index contributed by atoms with van der Waals surface area (Å²) >= 11 is 0. The number of nitrogens with one attached hydrogen (secondary N) is 1. The number of nitrogens with two attached hydrogens (primary N) is 1. The normalized spacial score (nSPS) is 22.8. The summed E-state index contributed by atoms with van der Waals surface area (Å²) in [5, 5.41) is 18.0. The van der Waals surface area contributed by atoms with E-state index in [1.165, 1.54) is 18.3 Å². The third-order valence-corrected chi connectivity index (χ3v) is 5.76. The number of rotatable bonds is 4.